The van der Waals surface area contributed by atoms with Crippen LogP contribution in [0.4, 0.5) is 10.1 Å². The number of hydrogen-bond donors (Lipinski definition) is 3. The van der Waals surface area contributed by atoms with Crippen molar-refractivity contribution in [2.75, 3.05) is 31.9 Å². The maximum absolute atomic E-state index is 13.6. The highest BCUT2D eigenvalue weighted by Crippen LogP contribution is 2.53. The minimum absolute atomic E-state index is 0.132. The van der Waals surface area contributed by atoms with E-state index < -0.39 is 0 Å². The molecule has 0 radical (unpaired) electrons. The fourth-order valence-electron chi connectivity index (χ4n) is 5.95. The molecule has 0 spiro atoms. The van der Waals surface area contributed by atoms with Crippen LogP contribution in [0.3, 0.4) is 0 Å². The molecular weight excluding hydrogens is 489 g/mol. The molecule has 3 fully saturated rings. The molecule has 7 rings (SSSR count). The van der Waals surface area contributed by atoms with Crippen molar-refractivity contribution in [2.24, 2.45) is 4.99 Å². The molecule has 4 aromatic rings. The molecule has 39 heavy (non-hydrogen) atoms. The summed E-state index contributed by atoms with van der Waals surface area (Å²) in [5, 5.41) is 4.42. The number of halogens is 1. The average molecular weight is 522 g/mol. The highest BCUT2D eigenvalue weighted by molar-refractivity contribution is 6.07. The Morgan fingerprint density at radius 2 is 1.87 bits per heavy atom. The second kappa shape index (κ2) is 9.31. The smallest absolute Gasteiger partial charge is 0.139 e. The van der Waals surface area contributed by atoms with E-state index in [1.54, 1.807) is 12.4 Å². The maximum Gasteiger partial charge on any atom is 0.139 e. The molecule has 0 bridgehead atoms. The average Bonchev–Trinajstić information content (AvgIpc) is 3.90. The van der Waals surface area contributed by atoms with E-state index in [4.69, 9.17) is 10.7 Å². The van der Waals surface area contributed by atoms with Crippen LogP contribution in [0, 0.1) is 5.82 Å². The summed E-state index contributed by atoms with van der Waals surface area (Å²) in [5.41, 5.74) is 13.9. The second-order valence-corrected chi connectivity index (χ2v) is 11.0. The Hall–Kier alpha value is -4.04. The summed E-state index contributed by atoms with van der Waals surface area (Å²) in [4.78, 5) is 20.1. The van der Waals surface area contributed by atoms with Crippen molar-refractivity contribution in [2.45, 2.75) is 37.0 Å². The van der Waals surface area contributed by atoms with Crippen molar-refractivity contribution in [1.82, 2.24) is 25.2 Å². The van der Waals surface area contributed by atoms with E-state index in [2.05, 4.69) is 37.8 Å². The number of amidine groups is 1. The van der Waals surface area contributed by atoms with Gasteiger partial charge in [-0.05, 0) is 67.0 Å². The number of piperazine rings is 1. The highest BCUT2D eigenvalue weighted by Gasteiger charge is 2.47. The minimum Gasteiger partial charge on any atom is -0.397 e. The third kappa shape index (κ3) is 4.29. The molecule has 198 valence electrons. The Balaban J connectivity index is 1.31. The van der Waals surface area contributed by atoms with Gasteiger partial charge in [-0.3, -0.25) is 4.98 Å². The van der Waals surface area contributed by atoms with Crippen LogP contribution in [0.15, 0.2) is 66.6 Å². The lowest BCUT2D eigenvalue weighted by molar-refractivity contribution is 0.358. The summed E-state index contributed by atoms with van der Waals surface area (Å²) in [6.45, 7) is 7.91. The molecule has 0 unspecified atom stereocenters. The fourth-order valence-corrected chi connectivity index (χ4v) is 5.95. The molecule has 4 N–H and O–H groups in total. The number of benzene rings is 1. The van der Waals surface area contributed by atoms with Gasteiger partial charge in [0.05, 0.1) is 17.6 Å². The number of nitrogens with two attached hydrogens (primary N) is 1. The van der Waals surface area contributed by atoms with Crippen LogP contribution in [0.2, 0.25) is 0 Å². The van der Waals surface area contributed by atoms with E-state index in [0.717, 1.165) is 91.1 Å². The Bertz CT molecular complexity index is 1590. The normalized spacial score (nSPS) is 18.9. The van der Waals surface area contributed by atoms with Crippen LogP contribution in [0.1, 0.15) is 59.5 Å². The van der Waals surface area contributed by atoms with Gasteiger partial charge < -0.3 is 20.9 Å². The zero-order valence-electron chi connectivity index (χ0n) is 21.9. The van der Waals surface area contributed by atoms with Crippen LogP contribution in [-0.2, 0) is 5.41 Å². The first kappa shape index (κ1) is 24.0. The lowest BCUT2D eigenvalue weighted by Crippen LogP contribution is -2.47. The maximum atomic E-state index is 13.6. The number of pyridine rings is 2. The fraction of sp³-hybridized carbons (Fsp3) is 0.323. The van der Waals surface area contributed by atoms with Gasteiger partial charge >= 0.3 is 0 Å². The van der Waals surface area contributed by atoms with Gasteiger partial charge in [0.1, 0.15) is 17.3 Å². The van der Waals surface area contributed by atoms with Crippen molar-refractivity contribution in [3.8, 4) is 0 Å². The number of rotatable bonds is 6. The first-order valence-corrected chi connectivity index (χ1v) is 13.8. The molecule has 2 aliphatic carbocycles. The van der Waals surface area contributed by atoms with E-state index in [0.29, 0.717) is 17.3 Å². The molecule has 3 aliphatic rings. The van der Waals surface area contributed by atoms with Gasteiger partial charge in [-0.25, -0.2) is 14.4 Å². The Morgan fingerprint density at radius 3 is 2.59 bits per heavy atom. The first-order valence-electron chi connectivity index (χ1n) is 13.8. The summed E-state index contributed by atoms with van der Waals surface area (Å²) in [6.07, 6.45) is 9.82. The molecule has 2 saturated carbocycles. The molecule has 4 heterocycles. The predicted molar refractivity (Wildman–Crippen MR) is 153 cm³/mol. The lowest BCUT2D eigenvalue weighted by atomic mass is 9.92. The van der Waals surface area contributed by atoms with Crippen LogP contribution < -0.4 is 11.1 Å². The van der Waals surface area contributed by atoms with Crippen molar-refractivity contribution in [1.29, 1.82) is 0 Å². The zero-order valence-corrected chi connectivity index (χ0v) is 21.9. The van der Waals surface area contributed by atoms with Crippen LogP contribution >= 0.6 is 0 Å². The Labute approximate surface area is 227 Å². The second-order valence-electron chi connectivity index (χ2n) is 11.0. The van der Waals surface area contributed by atoms with Gasteiger partial charge in [0.25, 0.3) is 0 Å². The molecule has 1 saturated heterocycles. The Kier molecular flexibility index (Phi) is 5.74. The zero-order chi connectivity index (χ0) is 26.6. The van der Waals surface area contributed by atoms with Gasteiger partial charge in [-0.1, -0.05) is 18.7 Å². The number of hydrogen-bond acceptors (Lipinski definition) is 5. The monoisotopic (exact) mass is 521 g/mol. The van der Waals surface area contributed by atoms with Crippen LogP contribution in [0.25, 0.3) is 16.7 Å². The van der Waals surface area contributed by atoms with Crippen molar-refractivity contribution < 1.29 is 4.39 Å². The van der Waals surface area contributed by atoms with Crippen LogP contribution in [0.5, 0.6) is 0 Å². The molecule has 1 aromatic carbocycles. The molecular formula is C31H32FN7. The number of nitrogens with one attached hydrogen (secondary N) is 2. The molecule has 0 atom stereocenters. The number of anilines is 1. The third-order valence-electron chi connectivity index (χ3n) is 8.41. The van der Waals surface area contributed by atoms with Gasteiger partial charge in [0, 0.05) is 66.2 Å². The highest BCUT2D eigenvalue weighted by atomic mass is 19.1. The van der Waals surface area contributed by atoms with E-state index in [1.165, 1.54) is 17.7 Å². The molecule has 8 heteroatoms. The predicted octanol–water partition coefficient (Wildman–Crippen LogP) is 4.96. The summed E-state index contributed by atoms with van der Waals surface area (Å²) >= 11 is 0. The number of nitrogen functional groups attached to an aromatic ring is 1. The number of aliphatic imine (C=N–C) groups is 1. The number of nitrogens with zero attached hydrogens (tertiary/aromatic N) is 4. The summed E-state index contributed by atoms with van der Waals surface area (Å²) in [6, 6.07) is 11.0. The summed E-state index contributed by atoms with van der Waals surface area (Å²) < 4.78 is 13.6. The van der Waals surface area contributed by atoms with Gasteiger partial charge in [-0.2, -0.15) is 0 Å². The summed E-state index contributed by atoms with van der Waals surface area (Å²) in [7, 11) is 0. The van der Waals surface area contributed by atoms with Gasteiger partial charge in [0.2, 0.25) is 0 Å². The quantitative estimate of drug-likeness (QED) is 0.246. The van der Waals surface area contributed by atoms with E-state index >= 15 is 0 Å². The SMILES string of the molecule is C=C(/N=C(\c1c(N)cncc1C1CC1)N1CCNCC1)c1ccnc2[nH]c(C3(c4ccc(F)cc4)CC3)cc12. The standard InChI is InChI=1S/C31H32FN7/c1-19(37-30(39-14-12-34-13-15-39)28-25(20-2-3-20)17-35-18-26(28)33)23-8-11-36-29-24(23)16-27(38-29)31(9-10-31)21-4-6-22(32)7-5-21/h4-8,11,16-18,20,34H,1-3,9-10,12-15,33H2,(H,36,38)/b37-30+. The molecule has 3 aromatic heterocycles. The topological polar surface area (TPSA) is 95.2 Å². The largest absolute Gasteiger partial charge is 0.397 e. The molecule has 0 amide bonds. The number of fused-ring (bicyclic) bond motifs is 1. The van der Waals surface area contributed by atoms with E-state index in [9.17, 15) is 4.39 Å². The number of aromatic amines is 1. The van der Waals surface area contributed by atoms with Crippen LogP contribution in [-0.4, -0.2) is 51.9 Å². The Morgan fingerprint density at radius 1 is 1.10 bits per heavy atom. The third-order valence-corrected chi connectivity index (χ3v) is 8.41. The van der Waals surface area contributed by atoms with E-state index in [-0.39, 0.29) is 11.2 Å². The summed E-state index contributed by atoms with van der Waals surface area (Å²) in [5.74, 6) is 1.14. The van der Waals surface area contributed by atoms with E-state index in [1.807, 2.05) is 24.4 Å². The number of aromatic nitrogens is 3. The minimum atomic E-state index is -0.218. The molecule has 1 aliphatic heterocycles. The van der Waals surface area contributed by atoms with Gasteiger partial charge in [-0.15, -0.1) is 0 Å². The van der Waals surface area contributed by atoms with Crippen molar-refractivity contribution >= 4 is 28.3 Å². The van der Waals surface area contributed by atoms with Crippen molar-refractivity contribution in [3.05, 3.63) is 95.3 Å². The number of H-pyrrole nitrogens is 1. The first-order chi connectivity index (χ1) is 19.0. The van der Waals surface area contributed by atoms with Gasteiger partial charge in [0.15, 0.2) is 0 Å². The van der Waals surface area contributed by atoms with Crippen molar-refractivity contribution in [3.63, 3.8) is 0 Å². The molecule has 7 nitrogen and oxygen atoms in total. The lowest BCUT2D eigenvalue weighted by Gasteiger charge is -2.32.